The van der Waals surface area contributed by atoms with Crippen LogP contribution in [0, 0.1) is 0 Å². The summed E-state index contributed by atoms with van der Waals surface area (Å²) in [6.45, 7) is 2.58. The van der Waals surface area contributed by atoms with Gasteiger partial charge >= 0.3 is 5.97 Å². The van der Waals surface area contributed by atoms with Gasteiger partial charge in [-0.25, -0.2) is 4.79 Å². The van der Waals surface area contributed by atoms with Crippen LogP contribution >= 0.6 is 22.9 Å². The molecule has 0 fully saturated rings. The molecule has 0 aliphatic heterocycles. The Bertz CT molecular complexity index is 322. The van der Waals surface area contributed by atoms with Gasteiger partial charge in [0.25, 0.3) is 0 Å². The molecule has 0 saturated heterocycles. The molecule has 0 spiro atoms. The number of aromatic carboxylic acids is 1. The maximum atomic E-state index is 10.7. The van der Waals surface area contributed by atoms with Gasteiger partial charge in [0.15, 0.2) is 4.88 Å². The Morgan fingerprint density at radius 2 is 2.43 bits per heavy atom. The Kier molecular flexibility index (Phi) is 4.22. The fraction of sp³-hybridized carbons (Fsp3) is 0.444. The van der Waals surface area contributed by atoms with Gasteiger partial charge < -0.3 is 9.84 Å². The number of unbranched alkanes of at least 4 members (excludes halogenated alkanes) is 1. The smallest absolute Gasteiger partial charge is 0.349 e. The third-order valence-electron chi connectivity index (χ3n) is 1.62. The van der Waals surface area contributed by atoms with Gasteiger partial charge in [0.2, 0.25) is 0 Å². The molecule has 1 rings (SSSR count). The average Bonchev–Trinajstić information content (AvgIpc) is 2.47. The monoisotopic (exact) mass is 234 g/mol. The SMILES string of the molecule is CCCCOc1cc(Cl)sc1C(=O)O. The van der Waals surface area contributed by atoms with Crippen LogP contribution in [0.1, 0.15) is 29.4 Å². The number of carboxylic acids is 1. The van der Waals surface area contributed by atoms with Gasteiger partial charge in [-0.3, -0.25) is 0 Å². The third-order valence-corrected chi connectivity index (χ3v) is 2.85. The molecule has 78 valence electrons. The van der Waals surface area contributed by atoms with Crippen LogP contribution in [0.15, 0.2) is 6.07 Å². The quantitative estimate of drug-likeness (QED) is 0.796. The van der Waals surface area contributed by atoms with E-state index in [9.17, 15) is 4.79 Å². The summed E-state index contributed by atoms with van der Waals surface area (Å²) in [5.74, 6) is -0.616. The molecule has 0 saturated carbocycles. The third kappa shape index (κ3) is 2.89. The Morgan fingerprint density at radius 3 is 3.00 bits per heavy atom. The van der Waals surface area contributed by atoms with Crippen molar-refractivity contribution in [3.05, 3.63) is 15.3 Å². The van der Waals surface area contributed by atoms with E-state index in [0.29, 0.717) is 16.7 Å². The minimum atomic E-state index is -0.992. The Balaban J connectivity index is 2.69. The van der Waals surface area contributed by atoms with E-state index in [1.807, 2.05) is 6.92 Å². The normalized spacial score (nSPS) is 10.1. The summed E-state index contributed by atoms with van der Waals surface area (Å²) in [6, 6.07) is 1.55. The molecule has 1 heterocycles. The van der Waals surface area contributed by atoms with Crippen molar-refractivity contribution in [2.24, 2.45) is 0 Å². The van der Waals surface area contributed by atoms with E-state index in [0.717, 1.165) is 24.2 Å². The molecular weight excluding hydrogens is 224 g/mol. The summed E-state index contributed by atoms with van der Waals surface area (Å²) in [5, 5.41) is 8.81. The topological polar surface area (TPSA) is 46.5 Å². The molecule has 0 aliphatic rings. The van der Waals surface area contributed by atoms with Crippen molar-refractivity contribution in [1.82, 2.24) is 0 Å². The second-order valence-corrected chi connectivity index (χ2v) is 4.43. The number of hydrogen-bond acceptors (Lipinski definition) is 3. The van der Waals surface area contributed by atoms with Crippen LogP contribution in [0.4, 0.5) is 0 Å². The van der Waals surface area contributed by atoms with Crippen molar-refractivity contribution >= 4 is 28.9 Å². The zero-order chi connectivity index (χ0) is 10.6. The summed E-state index contributed by atoms with van der Waals surface area (Å²) < 4.78 is 5.74. The lowest BCUT2D eigenvalue weighted by Gasteiger charge is -2.02. The Labute approximate surface area is 91.3 Å². The molecule has 5 heteroatoms. The second kappa shape index (κ2) is 5.22. The highest BCUT2D eigenvalue weighted by Crippen LogP contribution is 2.32. The van der Waals surface area contributed by atoms with E-state index in [4.69, 9.17) is 21.4 Å². The summed E-state index contributed by atoms with van der Waals surface area (Å²) in [5.41, 5.74) is 0. The number of carbonyl (C=O) groups is 1. The van der Waals surface area contributed by atoms with Gasteiger partial charge in [-0.15, -0.1) is 11.3 Å². The zero-order valence-electron chi connectivity index (χ0n) is 7.75. The van der Waals surface area contributed by atoms with Crippen molar-refractivity contribution in [2.75, 3.05) is 6.61 Å². The standard InChI is InChI=1S/C9H11ClO3S/c1-2-3-4-13-6-5-7(10)14-8(6)9(11)12/h5H,2-4H2,1H3,(H,11,12). The highest BCUT2D eigenvalue weighted by molar-refractivity contribution is 7.18. The van der Waals surface area contributed by atoms with Crippen molar-refractivity contribution in [3.8, 4) is 5.75 Å². The van der Waals surface area contributed by atoms with Gasteiger partial charge in [-0.2, -0.15) is 0 Å². The van der Waals surface area contributed by atoms with Gasteiger partial charge in [0.1, 0.15) is 5.75 Å². The first-order valence-electron chi connectivity index (χ1n) is 4.30. The summed E-state index contributed by atoms with van der Waals surface area (Å²) in [7, 11) is 0. The van der Waals surface area contributed by atoms with Crippen LogP contribution in [0.3, 0.4) is 0 Å². The average molecular weight is 235 g/mol. The summed E-state index contributed by atoms with van der Waals surface area (Å²) in [6.07, 6.45) is 1.92. The largest absolute Gasteiger partial charge is 0.492 e. The maximum Gasteiger partial charge on any atom is 0.349 e. The van der Waals surface area contributed by atoms with E-state index in [-0.39, 0.29) is 4.88 Å². The van der Waals surface area contributed by atoms with Crippen LogP contribution in [0.2, 0.25) is 4.34 Å². The number of halogens is 1. The van der Waals surface area contributed by atoms with Crippen LogP contribution in [0.25, 0.3) is 0 Å². The number of ether oxygens (including phenoxy) is 1. The maximum absolute atomic E-state index is 10.7. The molecule has 0 aromatic carbocycles. The highest BCUT2D eigenvalue weighted by atomic mass is 35.5. The molecule has 0 unspecified atom stereocenters. The fourth-order valence-corrected chi connectivity index (χ4v) is 1.93. The summed E-state index contributed by atoms with van der Waals surface area (Å²) >= 11 is 6.72. The van der Waals surface area contributed by atoms with Crippen LogP contribution < -0.4 is 4.74 Å². The highest BCUT2D eigenvalue weighted by Gasteiger charge is 2.15. The number of carboxylic acid groups (broad SMARTS) is 1. The Morgan fingerprint density at radius 1 is 1.71 bits per heavy atom. The molecule has 1 N–H and O–H groups in total. The lowest BCUT2D eigenvalue weighted by atomic mass is 10.3. The van der Waals surface area contributed by atoms with Gasteiger partial charge in [-0.05, 0) is 6.42 Å². The van der Waals surface area contributed by atoms with Crippen LogP contribution in [-0.4, -0.2) is 17.7 Å². The molecular formula is C9H11ClO3S. The van der Waals surface area contributed by atoms with E-state index in [2.05, 4.69) is 0 Å². The number of hydrogen-bond donors (Lipinski definition) is 1. The van der Waals surface area contributed by atoms with Crippen LogP contribution in [-0.2, 0) is 0 Å². The molecule has 1 aromatic rings. The fourth-order valence-electron chi connectivity index (χ4n) is 0.929. The second-order valence-electron chi connectivity index (χ2n) is 2.75. The van der Waals surface area contributed by atoms with E-state index in [1.54, 1.807) is 6.07 Å². The molecule has 14 heavy (non-hydrogen) atoms. The Hall–Kier alpha value is -0.740. The number of thiophene rings is 1. The molecule has 0 aliphatic carbocycles. The van der Waals surface area contributed by atoms with Crippen LogP contribution in [0.5, 0.6) is 5.75 Å². The first kappa shape index (κ1) is 11.3. The predicted molar refractivity (Wildman–Crippen MR) is 56.7 cm³/mol. The van der Waals surface area contributed by atoms with Crippen molar-refractivity contribution in [2.45, 2.75) is 19.8 Å². The molecule has 0 atom stereocenters. The minimum absolute atomic E-state index is 0.172. The molecule has 0 bridgehead atoms. The first-order chi connectivity index (χ1) is 6.65. The minimum Gasteiger partial charge on any atom is -0.492 e. The van der Waals surface area contributed by atoms with E-state index in [1.165, 1.54) is 0 Å². The van der Waals surface area contributed by atoms with Gasteiger partial charge in [0, 0.05) is 6.07 Å². The van der Waals surface area contributed by atoms with Crippen molar-refractivity contribution in [3.63, 3.8) is 0 Å². The molecule has 3 nitrogen and oxygen atoms in total. The van der Waals surface area contributed by atoms with E-state index >= 15 is 0 Å². The lowest BCUT2D eigenvalue weighted by Crippen LogP contribution is -2.00. The van der Waals surface area contributed by atoms with E-state index < -0.39 is 5.97 Å². The lowest BCUT2D eigenvalue weighted by molar-refractivity contribution is 0.0698. The zero-order valence-corrected chi connectivity index (χ0v) is 9.32. The summed E-state index contributed by atoms with van der Waals surface area (Å²) in [4.78, 5) is 10.9. The number of rotatable bonds is 5. The van der Waals surface area contributed by atoms with Gasteiger partial charge in [0.05, 0.1) is 10.9 Å². The van der Waals surface area contributed by atoms with Crippen molar-refractivity contribution < 1.29 is 14.6 Å². The predicted octanol–water partition coefficient (Wildman–Crippen LogP) is 3.28. The van der Waals surface area contributed by atoms with Crippen molar-refractivity contribution in [1.29, 1.82) is 0 Å². The first-order valence-corrected chi connectivity index (χ1v) is 5.50. The molecule has 0 amide bonds. The van der Waals surface area contributed by atoms with Gasteiger partial charge in [-0.1, -0.05) is 24.9 Å². The molecule has 0 radical (unpaired) electrons. The molecule has 1 aromatic heterocycles.